The fraction of sp³-hybridized carbons (Fsp3) is 0.192. The van der Waals surface area contributed by atoms with Gasteiger partial charge in [0.05, 0.1) is 22.2 Å². The van der Waals surface area contributed by atoms with E-state index in [1.54, 1.807) is 29.5 Å². The Hall–Kier alpha value is -3.31. The van der Waals surface area contributed by atoms with E-state index in [2.05, 4.69) is 49.2 Å². The largest absolute Gasteiger partial charge is 0.478 e. The second-order valence-electron chi connectivity index (χ2n) is 7.81. The highest BCUT2D eigenvalue weighted by Gasteiger charge is 2.11. The lowest BCUT2D eigenvalue weighted by atomic mass is 10.0. The molecule has 0 aliphatic heterocycles. The zero-order valence-electron chi connectivity index (χ0n) is 17.5. The summed E-state index contributed by atoms with van der Waals surface area (Å²) in [6.07, 6.45) is 1.20. The molecule has 0 bridgehead atoms. The number of aromatic carboxylic acids is 1. The fourth-order valence-corrected chi connectivity index (χ4v) is 4.58. The van der Waals surface area contributed by atoms with Crippen molar-refractivity contribution in [3.8, 4) is 11.1 Å². The van der Waals surface area contributed by atoms with E-state index in [-0.39, 0.29) is 11.3 Å². The van der Waals surface area contributed by atoms with Gasteiger partial charge in [-0.15, -0.1) is 11.3 Å². The van der Waals surface area contributed by atoms with Crippen LogP contribution in [0.1, 0.15) is 38.5 Å². The van der Waals surface area contributed by atoms with E-state index in [0.29, 0.717) is 19.3 Å². The van der Waals surface area contributed by atoms with Crippen molar-refractivity contribution in [1.82, 2.24) is 4.98 Å². The lowest BCUT2D eigenvalue weighted by Gasteiger charge is -2.05. The van der Waals surface area contributed by atoms with E-state index >= 15 is 0 Å². The van der Waals surface area contributed by atoms with Crippen molar-refractivity contribution >= 4 is 33.3 Å². The van der Waals surface area contributed by atoms with Crippen LogP contribution in [0.25, 0.3) is 21.3 Å². The number of ketones is 1. The van der Waals surface area contributed by atoms with Gasteiger partial charge in [-0.05, 0) is 72.4 Å². The van der Waals surface area contributed by atoms with Gasteiger partial charge in [0.2, 0.25) is 0 Å². The Labute approximate surface area is 185 Å². The number of carbonyl (C=O) groups is 2. The zero-order chi connectivity index (χ0) is 22.0. The van der Waals surface area contributed by atoms with Gasteiger partial charge in [0.25, 0.3) is 0 Å². The van der Waals surface area contributed by atoms with Gasteiger partial charge in [0.15, 0.2) is 0 Å². The fourth-order valence-electron chi connectivity index (χ4n) is 3.55. The average molecular weight is 430 g/mol. The average Bonchev–Trinajstić information content (AvgIpc) is 3.15. The Morgan fingerprint density at radius 2 is 1.71 bits per heavy atom. The van der Waals surface area contributed by atoms with Crippen molar-refractivity contribution in [2.75, 3.05) is 0 Å². The van der Waals surface area contributed by atoms with E-state index in [1.807, 2.05) is 12.1 Å². The molecule has 31 heavy (non-hydrogen) atoms. The molecule has 1 heterocycles. The minimum absolute atomic E-state index is 0.106. The molecule has 0 aliphatic rings. The van der Waals surface area contributed by atoms with Crippen molar-refractivity contribution in [2.45, 2.75) is 33.1 Å². The number of aromatic nitrogens is 1. The van der Waals surface area contributed by atoms with E-state index in [0.717, 1.165) is 26.4 Å². The molecule has 0 fully saturated rings. The number of nitrogens with zero attached hydrogens (tertiary/aromatic N) is 1. The number of Topliss-reactive ketones (excluding diaryl/α,β-unsaturated/α-hetero) is 1. The molecular formula is C26H23NO3S. The summed E-state index contributed by atoms with van der Waals surface area (Å²) < 4.78 is 1.08. The van der Waals surface area contributed by atoms with Crippen LogP contribution in [-0.4, -0.2) is 21.8 Å². The molecule has 0 saturated carbocycles. The summed E-state index contributed by atoms with van der Waals surface area (Å²) in [6.45, 7) is 4.23. The molecule has 0 aliphatic carbocycles. The Balaban J connectivity index is 1.45. The number of hydrogen-bond acceptors (Lipinski definition) is 4. The smallest absolute Gasteiger partial charge is 0.335 e. The van der Waals surface area contributed by atoms with Gasteiger partial charge in [0.1, 0.15) is 10.8 Å². The van der Waals surface area contributed by atoms with Crippen LogP contribution in [-0.2, 0) is 17.6 Å². The van der Waals surface area contributed by atoms with Crippen LogP contribution in [0.3, 0.4) is 0 Å². The van der Waals surface area contributed by atoms with Crippen molar-refractivity contribution in [3.63, 3.8) is 0 Å². The lowest BCUT2D eigenvalue weighted by molar-refractivity contribution is -0.118. The summed E-state index contributed by atoms with van der Waals surface area (Å²) >= 11 is 1.56. The van der Waals surface area contributed by atoms with E-state index in [1.165, 1.54) is 16.7 Å². The molecule has 1 N–H and O–H groups in total. The Morgan fingerprint density at radius 1 is 0.935 bits per heavy atom. The van der Waals surface area contributed by atoms with Gasteiger partial charge in [-0.3, -0.25) is 4.79 Å². The molecule has 156 valence electrons. The van der Waals surface area contributed by atoms with E-state index < -0.39 is 5.97 Å². The van der Waals surface area contributed by atoms with Crippen molar-refractivity contribution in [3.05, 3.63) is 87.9 Å². The van der Waals surface area contributed by atoms with Crippen LogP contribution in [0.4, 0.5) is 0 Å². The van der Waals surface area contributed by atoms with Crippen LogP contribution in [0.15, 0.2) is 60.7 Å². The quantitative estimate of drug-likeness (QED) is 0.390. The van der Waals surface area contributed by atoms with Crippen molar-refractivity contribution in [1.29, 1.82) is 0 Å². The number of aryl methyl sites for hydroxylation is 3. The van der Waals surface area contributed by atoms with Gasteiger partial charge >= 0.3 is 5.97 Å². The molecule has 5 heteroatoms. The first kappa shape index (κ1) is 20.9. The normalized spacial score (nSPS) is 11.0. The first-order valence-corrected chi connectivity index (χ1v) is 11.0. The van der Waals surface area contributed by atoms with Gasteiger partial charge in [-0.2, -0.15) is 0 Å². The van der Waals surface area contributed by atoms with Crippen LogP contribution >= 0.6 is 11.3 Å². The molecule has 0 saturated heterocycles. The number of benzene rings is 3. The van der Waals surface area contributed by atoms with E-state index in [4.69, 9.17) is 5.11 Å². The first-order valence-electron chi connectivity index (χ1n) is 10.2. The molecular weight excluding hydrogens is 406 g/mol. The SMILES string of the molecule is Cc1ccc(-c2ccc3nc(CC(=O)CCc4cccc(C(=O)O)c4)sc3c2)cc1C. The van der Waals surface area contributed by atoms with Gasteiger partial charge < -0.3 is 5.11 Å². The van der Waals surface area contributed by atoms with Crippen molar-refractivity contribution < 1.29 is 14.7 Å². The summed E-state index contributed by atoms with van der Waals surface area (Å²) in [6, 6.07) is 19.4. The Morgan fingerprint density at radius 3 is 2.48 bits per heavy atom. The second-order valence-corrected chi connectivity index (χ2v) is 8.93. The highest BCUT2D eigenvalue weighted by molar-refractivity contribution is 7.18. The number of rotatable bonds is 7. The maximum absolute atomic E-state index is 12.5. The summed E-state index contributed by atoms with van der Waals surface area (Å²) in [7, 11) is 0. The van der Waals surface area contributed by atoms with Gasteiger partial charge in [0, 0.05) is 6.42 Å². The molecule has 4 rings (SSSR count). The molecule has 1 aromatic heterocycles. The first-order chi connectivity index (χ1) is 14.9. The molecule has 0 radical (unpaired) electrons. The molecule has 3 aromatic carbocycles. The molecule has 0 amide bonds. The van der Waals surface area contributed by atoms with E-state index in [9.17, 15) is 9.59 Å². The topological polar surface area (TPSA) is 67.3 Å². The summed E-state index contributed by atoms with van der Waals surface area (Å²) in [5.74, 6) is -0.850. The third-order valence-corrected chi connectivity index (χ3v) is 6.51. The Kier molecular flexibility index (Phi) is 5.96. The van der Waals surface area contributed by atoms with Gasteiger partial charge in [-0.1, -0.05) is 36.4 Å². The maximum Gasteiger partial charge on any atom is 0.335 e. The highest BCUT2D eigenvalue weighted by atomic mass is 32.1. The van der Waals surface area contributed by atoms with Gasteiger partial charge in [-0.25, -0.2) is 9.78 Å². The molecule has 4 aromatic rings. The monoisotopic (exact) mass is 429 g/mol. The summed E-state index contributed by atoms with van der Waals surface area (Å²) in [4.78, 5) is 28.2. The van der Waals surface area contributed by atoms with Crippen molar-refractivity contribution in [2.24, 2.45) is 0 Å². The highest BCUT2D eigenvalue weighted by Crippen LogP contribution is 2.29. The number of carbonyl (C=O) groups excluding carboxylic acids is 1. The summed E-state index contributed by atoms with van der Waals surface area (Å²) in [5.41, 5.74) is 6.89. The lowest BCUT2D eigenvalue weighted by Crippen LogP contribution is -2.05. The minimum Gasteiger partial charge on any atom is -0.478 e. The second kappa shape index (κ2) is 8.82. The predicted molar refractivity (Wildman–Crippen MR) is 125 cm³/mol. The maximum atomic E-state index is 12.5. The molecule has 4 nitrogen and oxygen atoms in total. The third kappa shape index (κ3) is 4.89. The van der Waals surface area contributed by atoms with Crippen LogP contribution < -0.4 is 0 Å². The molecule has 0 atom stereocenters. The van der Waals surface area contributed by atoms with Crippen LogP contribution in [0.5, 0.6) is 0 Å². The number of carboxylic acid groups (broad SMARTS) is 1. The number of carboxylic acids is 1. The number of thiazole rings is 1. The number of fused-ring (bicyclic) bond motifs is 1. The van der Waals surface area contributed by atoms with Crippen LogP contribution in [0.2, 0.25) is 0 Å². The minimum atomic E-state index is -0.956. The predicted octanol–water partition coefficient (Wildman–Crippen LogP) is 6.02. The standard InChI is InChI=1S/C26H23NO3S/c1-16-6-8-19(12-17(16)2)20-9-11-23-24(14-20)31-25(27-23)15-22(28)10-7-18-4-3-5-21(13-18)26(29)30/h3-6,8-9,11-14H,7,10,15H2,1-2H3,(H,29,30). The summed E-state index contributed by atoms with van der Waals surface area (Å²) in [5, 5.41) is 9.91. The molecule has 0 spiro atoms. The van der Waals surface area contributed by atoms with Crippen LogP contribution in [0, 0.1) is 13.8 Å². The Bertz CT molecular complexity index is 1290. The molecule has 0 unspecified atom stereocenters. The third-order valence-electron chi connectivity index (χ3n) is 5.49. The number of hydrogen-bond donors (Lipinski definition) is 1. The zero-order valence-corrected chi connectivity index (χ0v) is 18.3.